The quantitative estimate of drug-likeness (QED) is 0.490. The fraction of sp³-hybridized carbons (Fsp3) is 0.360. The number of likely N-dealkylation sites (tertiary alicyclic amines) is 1. The van der Waals surface area contributed by atoms with Crippen molar-refractivity contribution in [2.24, 2.45) is 0 Å². The topological polar surface area (TPSA) is 17.4 Å². The van der Waals surface area contributed by atoms with E-state index >= 15 is 0 Å². The third kappa shape index (κ3) is 3.42. The second kappa shape index (κ2) is 7.75. The van der Waals surface area contributed by atoms with Gasteiger partial charge in [-0.25, -0.2) is 4.39 Å². The number of hydrogen-bond donors (Lipinski definition) is 0. The van der Waals surface area contributed by atoms with E-state index in [9.17, 15) is 4.39 Å². The first kappa shape index (κ1) is 19.7. The van der Waals surface area contributed by atoms with Crippen molar-refractivity contribution in [2.75, 3.05) is 13.1 Å². The van der Waals surface area contributed by atoms with Gasteiger partial charge in [0.15, 0.2) is 5.60 Å². The molecule has 2 aromatic carbocycles. The lowest BCUT2D eigenvalue weighted by molar-refractivity contribution is 0.0437. The van der Waals surface area contributed by atoms with Crippen molar-refractivity contribution in [2.45, 2.75) is 44.4 Å². The number of halogens is 2. The van der Waals surface area contributed by atoms with Crippen LogP contribution in [0, 0.1) is 5.82 Å². The predicted octanol–water partition coefficient (Wildman–Crippen LogP) is 6.16. The summed E-state index contributed by atoms with van der Waals surface area (Å²) in [5, 5.41) is 0.698. The molecule has 156 valence electrons. The average Bonchev–Trinajstić information content (AvgIpc) is 2.93. The van der Waals surface area contributed by atoms with Crippen molar-refractivity contribution in [1.29, 1.82) is 0 Å². The maximum atomic E-state index is 14.0. The number of aromatic nitrogens is 1. The van der Waals surface area contributed by atoms with E-state index < -0.39 is 5.60 Å². The van der Waals surface area contributed by atoms with Crippen LogP contribution in [0.3, 0.4) is 0 Å². The Morgan fingerprint density at radius 3 is 2.70 bits per heavy atom. The maximum Gasteiger partial charge on any atom is 0.150 e. The van der Waals surface area contributed by atoms with Crippen LogP contribution in [0.2, 0.25) is 5.15 Å². The van der Waals surface area contributed by atoms with Gasteiger partial charge >= 0.3 is 0 Å². The number of hydrogen-bond acceptors (Lipinski definition) is 2. The lowest BCUT2D eigenvalue weighted by Crippen LogP contribution is -2.36. The molecule has 5 rings (SSSR count). The van der Waals surface area contributed by atoms with E-state index in [1.807, 2.05) is 12.1 Å². The molecule has 0 N–H and O–H groups in total. The highest BCUT2D eigenvalue weighted by Crippen LogP contribution is 2.44. The Bertz CT molecular complexity index is 1050. The Hall–Kier alpha value is -2.30. The summed E-state index contributed by atoms with van der Waals surface area (Å²) in [5.41, 5.74) is 2.89. The minimum atomic E-state index is -0.503. The molecular weight excluding hydrogens is 399 g/mol. The van der Waals surface area contributed by atoms with E-state index in [1.165, 1.54) is 17.7 Å². The van der Waals surface area contributed by atoms with Crippen LogP contribution in [-0.2, 0) is 12.1 Å². The average molecular weight is 425 g/mol. The van der Waals surface area contributed by atoms with E-state index in [0.29, 0.717) is 23.5 Å². The van der Waals surface area contributed by atoms with Gasteiger partial charge in [-0.15, -0.1) is 0 Å². The number of fused-ring (bicyclic) bond motifs is 3. The Kier molecular flexibility index (Phi) is 5.08. The van der Waals surface area contributed by atoms with E-state index in [-0.39, 0.29) is 5.82 Å². The molecule has 2 unspecified atom stereocenters. The van der Waals surface area contributed by atoms with Crippen LogP contribution < -0.4 is 4.74 Å². The fourth-order valence-corrected chi connectivity index (χ4v) is 5.22. The van der Waals surface area contributed by atoms with Crippen LogP contribution in [0.1, 0.15) is 49.0 Å². The number of benzene rings is 2. The Morgan fingerprint density at radius 2 is 1.87 bits per heavy atom. The molecule has 1 spiro atoms. The number of rotatable bonds is 2. The minimum Gasteiger partial charge on any atom is -0.481 e. The third-order valence-corrected chi connectivity index (χ3v) is 7.05. The fourth-order valence-electron chi connectivity index (χ4n) is 5.00. The van der Waals surface area contributed by atoms with E-state index in [0.717, 1.165) is 43.6 Å². The molecule has 0 saturated carbocycles. The molecule has 0 radical (unpaired) electrons. The summed E-state index contributed by atoms with van der Waals surface area (Å²) in [6.45, 7) is 4.78. The standard InChI is InChI=1S/C25H26ClFN2O/c1-18(19-6-3-2-4-7-19)28-14-5-12-25(13-15-28)23-10-11-24(26)29(23)17-20-8-9-21(27)16-22(20)30-25/h2-4,6-11,16,18H,5,12-15,17H2,1H3. The van der Waals surface area contributed by atoms with Crippen molar-refractivity contribution >= 4 is 11.6 Å². The number of ether oxygens (including phenoxy) is 1. The van der Waals surface area contributed by atoms with Crippen molar-refractivity contribution in [3.8, 4) is 5.75 Å². The van der Waals surface area contributed by atoms with Crippen molar-refractivity contribution < 1.29 is 9.13 Å². The number of nitrogens with zero attached hydrogens (tertiary/aromatic N) is 2. The van der Waals surface area contributed by atoms with Crippen LogP contribution in [0.4, 0.5) is 4.39 Å². The summed E-state index contributed by atoms with van der Waals surface area (Å²) in [6.07, 6.45) is 2.71. The Balaban J connectivity index is 1.49. The Morgan fingerprint density at radius 1 is 1.03 bits per heavy atom. The summed E-state index contributed by atoms with van der Waals surface area (Å²) in [6, 6.07) is 19.8. The van der Waals surface area contributed by atoms with Crippen LogP contribution in [0.15, 0.2) is 60.7 Å². The Labute approximate surface area is 182 Å². The second-order valence-corrected chi connectivity index (χ2v) is 8.84. The van der Waals surface area contributed by atoms with Crippen molar-refractivity contribution in [1.82, 2.24) is 9.47 Å². The molecule has 3 aromatic rings. The van der Waals surface area contributed by atoms with Gasteiger partial charge in [-0.1, -0.05) is 48.0 Å². The third-order valence-electron chi connectivity index (χ3n) is 6.72. The molecule has 0 aliphatic carbocycles. The van der Waals surface area contributed by atoms with Gasteiger partial charge in [-0.2, -0.15) is 0 Å². The molecular formula is C25H26ClFN2O. The highest BCUT2D eigenvalue weighted by molar-refractivity contribution is 6.29. The van der Waals surface area contributed by atoms with E-state index in [2.05, 4.69) is 52.8 Å². The van der Waals surface area contributed by atoms with Crippen LogP contribution in [0.5, 0.6) is 5.75 Å². The van der Waals surface area contributed by atoms with Gasteiger partial charge in [0, 0.05) is 30.6 Å². The predicted molar refractivity (Wildman–Crippen MR) is 118 cm³/mol. The SMILES string of the molecule is CC(c1ccccc1)N1CCCC2(CC1)Oc1cc(F)ccc1Cn1c(Cl)ccc12. The highest BCUT2D eigenvalue weighted by atomic mass is 35.5. The van der Waals surface area contributed by atoms with Gasteiger partial charge < -0.3 is 9.30 Å². The second-order valence-electron chi connectivity index (χ2n) is 8.45. The molecule has 0 amide bonds. The van der Waals surface area contributed by atoms with E-state index in [4.69, 9.17) is 16.3 Å². The smallest absolute Gasteiger partial charge is 0.150 e. The lowest BCUT2D eigenvalue weighted by Gasteiger charge is -2.34. The van der Waals surface area contributed by atoms with E-state index in [1.54, 1.807) is 0 Å². The zero-order chi connectivity index (χ0) is 20.7. The molecule has 1 fully saturated rings. The first-order valence-electron chi connectivity index (χ1n) is 10.7. The minimum absolute atomic E-state index is 0.269. The summed E-state index contributed by atoms with van der Waals surface area (Å²) in [7, 11) is 0. The summed E-state index contributed by atoms with van der Waals surface area (Å²) < 4.78 is 22.8. The first-order valence-corrected chi connectivity index (χ1v) is 11.1. The zero-order valence-electron chi connectivity index (χ0n) is 17.2. The summed E-state index contributed by atoms with van der Waals surface area (Å²) in [5.74, 6) is 0.369. The van der Waals surface area contributed by atoms with Gasteiger partial charge in [0.2, 0.25) is 0 Å². The molecule has 3 nitrogen and oxygen atoms in total. The summed E-state index contributed by atoms with van der Waals surface area (Å²) >= 11 is 6.55. The highest BCUT2D eigenvalue weighted by Gasteiger charge is 2.42. The van der Waals surface area contributed by atoms with Crippen LogP contribution in [-0.4, -0.2) is 22.6 Å². The largest absolute Gasteiger partial charge is 0.481 e. The first-order chi connectivity index (χ1) is 14.6. The van der Waals surface area contributed by atoms with Gasteiger partial charge in [-0.05, 0) is 50.1 Å². The van der Waals surface area contributed by atoms with Gasteiger partial charge in [0.1, 0.15) is 16.7 Å². The van der Waals surface area contributed by atoms with Crippen molar-refractivity contribution in [3.05, 3.63) is 88.5 Å². The van der Waals surface area contributed by atoms with Crippen LogP contribution in [0.25, 0.3) is 0 Å². The molecule has 1 saturated heterocycles. The molecule has 2 aliphatic heterocycles. The van der Waals surface area contributed by atoms with Crippen LogP contribution >= 0.6 is 11.6 Å². The maximum absolute atomic E-state index is 14.0. The summed E-state index contributed by atoms with van der Waals surface area (Å²) in [4.78, 5) is 2.53. The molecule has 2 aliphatic rings. The molecule has 2 atom stereocenters. The zero-order valence-corrected chi connectivity index (χ0v) is 17.9. The molecule has 0 bridgehead atoms. The molecule has 30 heavy (non-hydrogen) atoms. The monoisotopic (exact) mass is 424 g/mol. The van der Waals surface area contributed by atoms with Gasteiger partial charge in [0.05, 0.1) is 12.2 Å². The normalized spacial score (nSPS) is 22.5. The molecule has 3 heterocycles. The van der Waals surface area contributed by atoms with Gasteiger partial charge in [0.25, 0.3) is 0 Å². The molecule has 5 heteroatoms. The van der Waals surface area contributed by atoms with Gasteiger partial charge in [-0.3, -0.25) is 4.90 Å². The molecule has 1 aromatic heterocycles. The van der Waals surface area contributed by atoms with Crippen molar-refractivity contribution in [3.63, 3.8) is 0 Å². The lowest BCUT2D eigenvalue weighted by atomic mass is 9.90.